The Bertz CT molecular complexity index is 555. The molecule has 1 heterocycles. The van der Waals surface area contributed by atoms with Crippen molar-refractivity contribution in [2.45, 2.75) is 33.9 Å². The SMILES string of the molecule is CCOC(=O)CN(CC(C)C)C(=O)c1ccc2c(c1)CNC2. The van der Waals surface area contributed by atoms with Crippen molar-refractivity contribution in [2.75, 3.05) is 19.7 Å². The van der Waals surface area contributed by atoms with E-state index in [0.717, 1.165) is 18.7 Å². The zero-order valence-electron chi connectivity index (χ0n) is 13.5. The highest BCUT2D eigenvalue weighted by molar-refractivity contribution is 5.96. The van der Waals surface area contributed by atoms with Crippen molar-refractivity contribution in [3.05, 3.63) is 34.9 Å². The Labute approximate surface area is 131 Å². The number of esters is 1. The molecule has 1 aliphatic heterocycles. The molecular formula is C17H24N2O3. The Hall–Kier alpha value is -1.88. The van der Waals surface area contributed by atoms with E-state index in [-0.39, 0.29) is 24.3 Å². The molecule has 1 aromatic rings. The number of nitrogens with zero attached hydrogens (tertiary/aromatic N) is 1. The van der Waals surface area contributed by atoms with Crippen LogP contribution in [0.2, 0.25) is 0 Å². The molecule has 0 aliphatic carbocycles. The van der Waals surface area contributed by atoms with Gasteiger partial charge in [0.05, 0.1) is 6.61 Å². The zero-order valence-corrected chi connectivity index (χ0v) is 13.5. The number of hydrogen-bond acceptors (Lipinski definition) is 4. The first-order valence-electron chi connectivity index (χ1n) is 7.78. The molecule has 0 atom stereocenters. The maximum Gasteiger partial charge on any atom is 0.325 e. The monoisotopic (exact) mass is 304 g/mol. The summed E-state index contributed by atoms with van der Waals surface area (Å²) in [6.45, 7) is 8.32. The van der Waals surface area contributed by atoms with Gasteiger partial charge in [-0.05, 0) is 36.1 Å². The number of hydrogen-bond donors (Lipinski definition) is 1. The highest BCUT2D eigenvalue weighted by atomic mass is 16.5. The second kappa shape index (κ2) is 7.40. The number of rotatable bonds is 6. The molecule has 5 heteroatoms. The fraction of sp³-hybridized carbons (Fsp3) is 0.529. The molecule has 0 spiro atoms. The van der Waals surface area contributed by atoms with Gasteiger partial charge in [-0.2, -0.15) is 0 Å². The van der Waals surface area contributed by atoms with Crippen molar-refractivity contribution in [1.82, 2.24) is 10.2 Å². The first-order valence-corrected chi connectivity index (χ1v) is 7.78. The number of carbonyl (C=O) groups excluding carboxylic acids is 2. The summed E-state index contributed by atoms with van der Waals surface area (Å²) in [6, 6.07) is 5.75. The van der Waals surface area contributed by atoms with Gasteiger partial charge in [0.1, 0.15) is 6.54 Å². The van der Waals surface area contributed by atoms with Gasteiger partial charge in [-0.3, -0.25) is 9.59 Å². The van der Waals surface area contributed by atoms with Crippen molar-refractivity contribution in [1.29, 1.82) is 0 Å². The molecule has 0 unspecified atom stereocenters. The molecule has 5 nitrogen and oxygen atoms in total. The number of ether oxygens (including phenoxy) is 1. The molecule has 1 N–H and O–H groups in total. The third kappa shape index (κ3) is 4.07. The summed E-state index contributed by atoms with van der Waals surface area (Å²) >= 11 is 0. The summed E-state index contributed by atoms with van der Waals surface area (Å²) in [6.07, 6.45) is 0. The predicted octanol–water partition coefficient (Wildman–Crippen LogP) is 1.95. The molecule has 0 fully saturated rings. The van der Waals surface area contributed by atoms with Crippen LogP contribution in [0.3, 0.4) is 0 Å². The number of amides is 1. The standard InChI is InChI=1S/C17H24N2O3/c1-4-22-16(20)11-19(10-12(2)3)17(21)13-5-6-14-8-18-9-15(14)7-13/h5-7,12,18H,4,8-11H2,1-3H3. The first kappa shape index (κ1) is 16.5. The van der Waals surface area contributed by atoms with Crippen LogP contribution in [0.15, 0.2) is 18.2 Å². The summed E-state index contributed by atoms with van der Waals surface area (Å²) in [7, 11) is 0. The minimum atomic E-state index is -0.362. The van der Waals surface area contributed by atoms with Crippen molar-refractivity contribution >= 4 is 11.9 Å². The molecule has 120 valence electrons. The lowest BCUT2D eigenvalue weighted by atomic mass is 10.0. The van der Waals surface area contributed by atoms with Crippen molar-refractivity contribution in [2.24, 2.45) is 5.92 Å². The molecular weight excluding hydrogens is 280 g/mol. The maximum absolute atomic E-state index is 12.7. The Morgan fingerprint density at radius 2 is 2.00 bits per heavy atom. The lowest BCUT2D eigenvalue weighted by Gasteiger charge is -2.24. The van der Waals surface area contributed by atoms with Crippen molar-refractivity contribution in [3.63, 3.8) is 0 Å². The smallest absolute Gasteiger partial charge is 0.325 e. The van der Waals surface area contributed by atoms with Crippen LogP contribution in [0.5, 0.6) is 0 Å². The van der Waals surface area contributed by atoms with E-state index < -0.39 is 0 Å². The van der Waals surface area contributed by atoms with Gasteiger partial charge < -0.3 is 15.0 Å². The molecule has 0 radical (unpaired) electrons. The normalized spacial score (nSPS) is 13.1. The Morgan fingerprint density at radius 1 is 1.27 bits per heavy atom. The van der Waals surface area contributed by atoms with Gasteiger partial charge in [-0.15, -0.1) is 0 Å². The topological polar surface area (TPSA) is 58.6 Å². The van der Waals surface area contributed by atoms with Crippen LogP contribution in [0.4, 0.5) is 0 Å². The van der Waals surface area contributed by atoms with Gasteiger partial charge in [-0.25, -0.2) is 0 Å². The van der Waals surface area contributed by atoms with E-state index in [1.54, 1.807) is 11.8 Å². The molecule has 0 bridgehead atoms. The summed E-state index contributed by atoms with van der Waals surface area (Å²) < 4.78 is 4.97. The van der Waals surface area contributed by atoms with Crippen molar-refractivity contribution in [3.8, 4) is 0 Å². The van der Waals surface area contributed by atoms with Gasteiger partial charge in [0.25, 0.3) is 5.91 Å². The van der Waals surface area contributed by atoms with E-state index in [1.807, 2.05) is 32.0 Å². The Balaban J connectivity index is 2.15. The van der Waals surface area contributed by atoms with Crippen LogP contribution in [0, 0.1) is 5.92 Å². The molecule has 0 saturated carbocycles. The van der Waals surface area contributed by atoms with E-state index in [9.17, 15) is 9.59 Å². The van der Waals surface area contributed by atoms with Crippen molar-refractivity contribution < 1.29 is 14.3 Å². The van der Waals surface area contributed by atoms with E-state index in [4.69, 9.17) is 4.74 Å². The highest BCUT2D eigenvalue weighted by Gasteiger charge is 2.22. The molecule has 0 aromatic heterocycles. The largest absolute Gasteiger partial charge is 0.465 e. The number of nitrogens with one attached hydrogen (secondary N) is 1. The molecule has 2 rings (SSSR count). The zero-order chi connectivity index (χ0) is 16.1. The van der Waals surface area contributed by atoms with Gasteiger partial charge in [0, 0.05) is 25.2 Å². The average molecular weight is 304 g/mol. The van der Waals surface area contributed by atoms with Gasteiger partial charge in [0.2, 0.25) is 0 Å². The van der Waals surface area contributed by atoms with E-state index in [0.29, 0.717) is 18.7 Å². The number of carbonyl (C=O) groups is 2. The average Bonchev–Trinajstić information content (AvgIpc) is 2.92. The van der Waals surface area contributed by atoms with Crippen LogP contribution < -0.4 is 5.32 Å². The van der Waals surface area contributed by atoms with Crippen LogP contribution in [-0.2, 0) is 22.6 Å². The van der Waals surface area contributed by atoms with Gasteiger partial charge in [0.15, 0.2) is 0 Å². The second-order valence-corrected chi connectivity index (χ2v) is 5.97. The molecule has 1 amide bonds. The minimum absolute atomic E-state index is 0.000187. The van der Waals surface area contributed by atoms with Crippen LogP contribution in [0.25, 0.3) is 0 Å². The van der Waals surface area contributed by atoms with Crippen LogP contribution >= 0.6 is 0 Å². The van der Waals surface area contributed by atoms with Crippen LogP contribution in [-0.4, -0.2) is 36.5 Å². The lowest BCUT2D eigenvalue weighted by molar-refractivity contribution is -0.143. The van der Waals surface area contributed by atoms with Crippen LogP contribution in [0.1, 0.15) is 42.3 Å². The summed E-state index contributed by atoms with van der Waals surface area (Å²) in [4.78, 5) is 26.0. The quantitative estimate of drug-likeness (QED) is 0.816. The van der Waals surface area contributed by atoms with E-state index in [2.05, 4.69) is 5.32 Å². The van der Waals surface area contributed by atoms with E-state index >= 15 is 0 Å². The maximum atomic E-state index is 12.7. The van der Waals surface area contributed by atoms with Gasteiger partial charge >= 0.3 is 5.97 Å². The third-order valence-corrected chi connectivity index (χ3v) is 3.58. The molecule has 1 aliphatic rings. The summed E-state index contributed by atoms with van der Waals surface area (Å²) in [5, 5.41) is 3.27. The van der Waals surface area contributed by atoms with E-state index in [1.165, 1.54) is 5.56 Å². The lowest BCUT2D eigenvalue weighted by Crippen LogP contribution is -2.39. The fourth-order valence-corrected chi connectivity index (χ4v) is 2.63. The predicted molar refractivity (Wildman–Crippen MR) is 84.4 cm³/mol. The number of fused-ring (bicyclic) bond motifs is 1. The summed E-state index contributed by atoms with van der Waals surface area (Å²) in [5.41, 5.74) is 3.02. The molecule has 0 saturated heterocycles. The second-order valence-electron chi connectivity index (χ2n) is 5.97. The Morgan fingerprint density at radius 3 is 2.68 bits per heavy atom. The third-order valence-electron chi connectivity index (χ3n) is 3.58. The minimum Gasteiger partial charge on any atom is -0.465 e. The fourth-order valence-electron chi connectivity index (χ4n) is 2.63. The highest BCUT2D eigenvalue weighted by Crippen LogP contribution is 2.18. The Kier molecular flexibility index (Phi) is 5.55. The molecule has 1 aromatic carbocycles. The van der Waals surface area contributed by atoms with Gasteiger partial charge in [-0.1, -0.05) is 19.9 Å². The first-order chi connectivity index (χ1) is 10.5. The summed E-state index contributed by atoms with van der Waals surface area (Å²) in [5.74, 6) is -0.190. The molecule has 22 heavy (non-hydrogen) atoms. The number of benzene rings is 1.